The largest absolute Gasteiger partial charge is 0.0876 e. The van der Waals surface area contributed by atoms with Gasteiger partial charge in [0.05, 0.1) is 5.02 Å². The topological polar surface area (TPSA) is 0 Å². The van der Waals surface area contributed by atoms with Crippen molar-refractivity contribution in [2.75, 3.05) is 0 Å². The van der Waals surface area contributed by atoms with E-state index in [0.717, 1.165) is 19.5 Å². The lowest BCUT2D eigenvalue weighted by Crippen LogP contribution is -1.81. The van der Waals surface area contributed by atoms with Crippen LogP contribution in [0.4, 0.5) is 0 Å². The molecule has 0 aromatic heterocycles. The summed E-state index contributed by atoms with van der Waals surface area (Å²) in [6.45, 7) is 0. The van der Waals surface area contributed by atoms with Gasteiger partial charge in [-0.05, 0) is 34.2 Å². The highest BCUT2D eigenvalue weighted by Crippen LogP contribution is 2.23. The Balaban J connectivity index is 3.14. The summed E-state index contributed by atoms with van der Waals surface area (Å²) in [5, 5.41) is 1.68. The molecule has 0 aliphatic rings. The fourth-order valence-corrected chi connectivity index (χ4v) is 2.03. The summed E-state index contributed by atoms with van der Waals surface area (Å²) < 4.78 is 1.11. The Bertz CT molecular complexity index is 237. The Kier molecular flexibility index (Phi) is 3.46. The third kappa shape index (κ3) is 1.86. The average Bonchev–Trinajstić information content (AvgIpc) is 1.95. The van der Waals surface area contributed by atoms with Crippen molar-refractivity contribution >= 4 is 50.1 Å². The van der Waals surface area contributed by atoms with Crippen LogP contribution in [0.5, 0.6) is 0 Å². The maximum absolute atomic E-state index is 5.96. The summed E-state index contributed by atoms with van der Waals surface area (Å²) in [4.78, 5) is 0. The molecule has 0 heterocycles. The van der Waals surface area contributed by atoms with Crippen molar-refractivity contribution in [2.24, 2.45) is 0 Å². The molecule has 54 valence electrons. The van der Waals surface area contributed by atoms with Crippen LogP contribution < -0.4 is 0 Å². The molecule has 0 aliphatic carbocycles. The van der Waals surface area contributed by atoms with E-state index in [4.69, 9.17) is 11.6 Å². The third-order valence-corrected chi connectivity index (χ3v) is 3.44. The van der Waals surface area contributed by atoms with Gasteiger partial charge < -0.3 is 0 Å². The summed E-state index contributed by atoms with van der Waals surface area (Å²) in [6, 6.07) is 6.01. The number of benzene rings is 1. The van der Waals surface area contributed by atoms with E-state index in [0.29, 0.717) is 0 Å². The van der Waals surface area contributed by atoms with Gasteiger partial charge in [-0.25, -0.2) is 0 Å². The van der Waals surface area contributed by atoms with Crippen LogP contribution in [-0.2, 0) is 5.33 Å². The van der Waals surface area contributed by atoms with Crippen molar-refractivity contribution in [3.63, 3.8) is 0 Å². The quantitative estimate of drug-likeness (QED) is 0.542. The first-order chi connectivity index (χ1) is 4.75. The van der Waals surface area contributed by atoms with Gasteiger partial charge in [-0.15, -0.1) is 0 Å². The first kappa shape index (κ1) is 8.81. The standard InChI is InChI=1S/C7H5BrClI/c8-4-5-2-1-3-6(10)7(5)9/h1-3H,4H2. The van der Waals surface area contributed by atoms with Gasteiger partial charge in [0, 0.05) is 8.90 Å². The zero-order valence-corrected chi connectivity index (χ0v) is 9.57. The monoisotopic (exact) mass is 330 g/mol. The molecule has 0 unspecified atom stereocenters. The van der Waals surface area contributed by atoms with Crippen LogP contribution >= 0.6 is 50.1 Å². The van der Waals surface area contributed by atoms with Gasteiger partial charge in [-0.2, -0.15) is 0 Å². The van der Waals surface area contributed by atoms with Crippen LogP contribution in [0, 0.1) is 3.57 Å². The molecule has 0 N–H and O–H groups in total. The molecule has 10 heavy (non-hydrogen) atoms. The van der Waals surface area contributed by atoms with E-state index in [2.05, 4.69) is 38.5 Å². The average molecular weight is 331 g/mol. The zero-order chi connectivity index (χ0) is 7.56. The smallest absolute Gasteiger partial charge is 0.0579 e. The fraction of sp³-hybridized carbons (Fsp3) is 0.143. The summed E-state index contributed by atoms with van der Waals surface area (Å²) >= 11 is 11.5. The number of halogens is 3. The summed E-state index contributed by atoms with van der Waals surface area (Å²) in [5.41, 5.74) is 1.15. The van der Waals surface area contributed by atoms with Crippen LogP contribution in [-0.4, -0.2) is 0 Å². The molecule has 0 bridgehead atoms. The molecule has 0 saturated carbocycles. The van der Waals surface area contributed by atoms with Crippen molar-refractivity contribution in [1.82, 2.24) is 0 Å². The van der Waals surface area contributed by atoms with Gasteiger partial charge in [0.2, 0.25) is 0 Å². The predicted molar refractivity (Wildman–Crippen MR) is 56.8 cm³/mol. The maximum atomic E-state index is 5.96. The minimum Gasteiger partial charge on any atom is -0.0876 e. The minimum absolute atomic E-state index is 0.822. The Morgan fingerprint density at radius 3 is 2.70 bits per heavy atom. The van der Waals surface area contributed by atoms with E-state index >= 15 is 0 Å². The van der Waals surface area contributed by atoms with Gasteiger partial charge >= 0.3 is 0 Å². The van der Waals surface area contributed by atoms with Crippen LogP contribution in [0.25, 0.3) is 0 Å². The molecule has 0 spiro atoms. The molecule has 1 aromatic carbocycles. The minimum atomic E-state index is 0.822. The molecule has 1 rings (SSSR count). The van der Waals surface area contributed by atoms with Crippen molar-refractivity contribution in [2.45, 2.75) is 5.33 Å². The molecule has 0 amide bonds. The molecule has 0 saturated heterocycles. The zero-order valence-electron chi connectivity index (χ0n) is 5.07. The highest BCUT2D eigenvalue weighted by atomic mass is 127. The number of hydrogen-bond donors (Lipinski definition) is 0. The lowest BCUT2D eigenvalue weighted by Gasteiger charge is -1.99. The molecule has 1 aromatic rings. The van der Waals surface area contributed by atoms with E-state index in [9.17, 15) is 0 Å². The molecule has 0 radical (unpaired) electrons. The fourth-order valence-electron chi connectivity index (χ4n) is 0.652. The predicted octanol–water partition coefficient (Wildman–Crippen LogP) is 3.84. The van der Waals surface area contributed by atoms with Gasteiger partial charge in [0.15, 0.2) is 0 Å². The van der Waals surface area contributed by atoms with Crippen LogP contribution in [0.3, 0.4) is 0 Å². The van der Waals surface area contributed by atoms with Crippen molar-refractivity contribution in [1.29, 1.82) is 0 Å². The van der Waals surface area contributed by atoms with Gasteiger partial charge in [-0.1, -0.05) is 39.7 Å². The highest BCUT2D eigenvalue weighted by Gasteiger charge is 2.00. The number of alkyl halides is 1. The van der Waals surface area contributed by atoms with Crippen molar-refractivity contribution < 1.29 is 0 Å². The maximum Gasteiger partial charge on any atom is 0.0579 e. The Labute approximate surface area is 87.2 Å². The summed E-state index contributed by atoms with van der Waals surface area (Å²) in [5.74, 6) is 0. The van der Waals surface area contributed by atoms with E-state index in [1.807, 2.05) is 18.2 Å². The normalized spacial score (nSPS) is 9.90. The summed E-state index contributed by atoms with van der Waals surface area (Å²) in [7, 11) is 0. The van der Waals surface area contributed by atoms with E-state index in [1.54, 1.807) is 0 Å². The Morgan fingerprint density at radius 2 is 2.20 bits per heavy atom. The SMILES string of the molecule is Clc1c(I)cccc1CBr. The molecule has 3 heteroatoms. The molecular formula is C7H5BrClI. The van der Waals surface area contributed by atoms with Gasteiger partial charge in [0.1, 0.15) is 0 Å². The lowest BCUT2D eigenvalue weighted by atomic mass is 10.2. The molecule has 0 fully saturated rings. The second-order valence-electron chi connectivity index (χ2n) is 1.85. The second-order valence-corrected chi connectivity index (χ2v) is 3.95. The first-order valence-corrected chi connectivity index (χ1v) is 5.32. The third-order valence-electron chi connectivity index (χ3n) is 1.18. The molecular weight excluding hydrogens is 326 g/mol. The van der Waals surface area contributed by atoms with E-state index in [-0.39, 0.29) is 0 Å². The molecule has 0 atom stereocenters. The van der Waals surface area contributed by atoms with Crippen LogP contribution in [0.15, 0.2) is 18.2 Å². The van der Waals surface area contributed by atoms with E-state index < -0.39 is 0 Å². The van der Waals surface area contributed by atoms with Crippen LogP contribution in [0.2, 0.25) is 5.02 Å². The molecule has 0 aliphatic heterocycles. The molecule has 0 nitrogen and oxygen atoms in total. The Hall–Kier alpha value is 0.720. The second kappa shape index (κ2) is 3.93. The lowest BCUT2D eigenvalue weighted by molar-refractivity contribution is 1.42. The highest BCUT2D eigenvalue weighted by molar-refractivity contribution is 14.1. The van der Waals surface area contributed by atoms with Gasteiger partial charge in [-0.3, -0.25) is 0 Å². The van der Waals surface area contributed by atoms with E-state index in [1.165, 1.54) is 0 Å². The first-order valence-electron chi connectivity index (χ1n) is 2.74. The Morgan fingerprint density at radius 1 is 1.50 bits per heavy atom. The van der Waals surface area contributed by atoms with Crippen molar-refractivity contribution in [3.05, 3.63) is 32.4 Å². The number of rotatable bonds is 1. The van der Waals surface area contributed by atoms with Gasteiger partial charge in [0.25, 0.3) is 0 Å². The summed E-state index contributed by atoms with van der Waals surface area (Å²) in [6.07, 6.45) is 0. The van der Waals surface area contributed by atoms with Crippen LogP contribution in [0.1, 0.15) is 5.56 Å². The number of hydrogen-bond acceptors (Lipinski definition) is 0. The van der Waals surface area contributed by atoms with Crippen molar-refractivity contribution in [3.8, 4) is 0 Å².